The van der Waals surface area contributed by atoms with Crippen molar-refractivity contribution in [2.45, 2.75) is 19.0 Å². The van der Waals surface area contributed by atoms with Gasteiger partial charge in [0.25, 0.3) is 5.56 Å². The summed E-state index contributed by atoms with van der Waals surface area (Å²) in [7, 11) is 1.32. The fourth-order valence-electron chi connectivity index (χ4n) is 3.77. The van der Waals surface area contributed by atoms with Gasteiger partial charge in [-0.3, -0.25) is 9.59 Å². The first-order valence-corrected chi connectivity index (χ1v) is 9.16. The Hall–Kier alpha value is -3.69. The Labute approximate surface area is 172 Å². The zero-order chi connectivity index (χ0) is 22.5. The lowest BCUT2D eigenvalue weighted by atomic mass is 9.96. The van der Waals surface area contributed by atoms with E-state index in [1.807, 2.05) is 0 Å². The third kappa shape index (κ3) is 3.43. The van der Waals surface area contributed by atoms with E-state index in [1.165, 1.54) is 36.0 Å². The molecule has 1 N–H and O–H groups in total. The zero-order valence-electron chi connectivity index (χ0n) is 16.1. The Balaban J connectivity index is 2.10. The molecular weight excluding hydrogens is 418 g/mol. The minimum Gasteiger partial charge on any atom is -0.481 e. The Morgan fingerprint density at radius 1 is 1.19 bits per heavy atom. The lowest BCUT2D eigenvalue weighted by molar-refractivity contribution is -0.137. The van der Waals surface area contributed by atoms with Gasteiger partial charge in [0.2, 0.25) is 0 Å². The normalized spacial score (nSPS) is 12.0. The largest absolute Gasteiger partial charge is 0.481 e. The van der Waals surface area contributed by atoms with E-state index in [0.29, 0.717) is 5.69 Å². The third-order valence-electron chi connectivity index (χ3n) is 5.14. The smallest absolute Gasteiger partial charge is 0.417 e. The molecule has 3 heterocycles. The molecule has 0 unspecified atom stereocenters. The third-order valence-corrected chi connectivity index (χ3v) is 5.14. The topological polar surface area (TPSA) is 76.6 Å². The number of fused-ring (bicyclic) bond motifs is 2. The minimum absolute atomic E-state index is 0.0556. The van der Waals surface area contributed by atoms with Crippen LogP contribution in [-0.2, 0) is 24.4 Å². The Morgan fingerprint density at radius 2 is 1.94 bits per heavy atom. The first-order chi connectivity index (χ1) is 14.6. The van der Waals surface area contributed by atoms with E-state index in [-0.39, 0.29) is 29.6 Å². The molecule has 0 spiro atoms. The number of imidazole rings is 1. The van der Waals surface area contributed by atoms with Gasteiger partial charge in [-0.1, -0.05) is 0 Å². The van der Waals surface area contributed by atoms with Crippen molar-refractivity contribution in [3.63, 3.8) is 0 Å². The summed E-state index contributed by atoms with van der Waals surface area (Å²) >= 11 is 0. The van der Waals surface area contributed by atoms with E-state index in [9.17, 15) is 27.2 Å². The van der Waals surface area contributed by atoms with Crippen LogP contribution in [0, 0.1) is 5.82 Å². The maximum absolute atomic E-state index is 14.2. The van der Waals surface area contributed by atoms with Crippen molar-refractivity contribution < 1.29 is 27.5 Å². The van der Waals surface area contributed by atoms with Crippen LogP contribution in [0.4, 0.5) is 17.6 Å². The average Bonchev–Trinajstić information content (AvgIpc) is 3.18. The summed E-state index contributed by atoms with van der Waals surface area (Å²) in [6.07, 6.45) is -2.18. The Bertz CT molecular complexity index is 1400. The van der Waals surface area contributed by atoms with Crippen molar-refractivity contribution in [2.24, 2.45) is 7.05 Å². The molecule has 10 heteroatoms. The number of hydrogen-bond acceptors (Lipinski definition) is 3. The number of alkyl halides is 3. The highest BCUT2D eigenvalue weighted by Gasteiger charge is 2.39. The van der Waals surface area contributed by atoms with E-state index in [4.69, 9.17) is 5.11 Å². The molecule has 0 amide bonds. The number of benzene rings is 1. The van der Waals surface area contributed by atoms with Crippen molar-refractivity contribution >= 4 is 22.5 Å². The maximum atomic E-state index is 14.2. The predicted molar refractivity (Wildman–Crippen MR) is 104 cm³/mol. The fourth-order valence-corrected chi connectivity index (χ4v) is 3.77. The lowest BCUT2D eigenvalue weighted by Gasteiger charge is -2.19. The number of nitrogens with zero attached hydrogens (tertiary/aromatic N) is 3. The molecule has 0 saturated carbocycles. The van der Waals surface area contributed by atoms with Crippen LogP contribution in [0.3, 0.4) is 0 Å². The molecule has 3 aromatic heterocycles. The standard InChI is InChI=1S/C21H15F4N3O3/c1-27-15-6-2-11(22)10-14(15)18(21(23,24)25)17(20(27)31)13-5-3-12(4-7-16(29)30)28-9-8-26-19(13)28/h2-3,5-6,8-10H,4,7H2,1H3,(H,29,30). The van der Waals surface area contributed by atoms with Gasteiger partial charge < -0.3 is 14.1 Å². The molecule has 4 rings (SSSR count). The molecule has 160 valence electrons. The zero-order valence-corrected chi connectivity index (χ0v) is 16.1. The van der Waals surface area contributed by atoms with Gasteiger partial charge in [0, 0.05) is 36.1 Å². The van der Waals surface area contributed by atoms with Gasteiger partial charge >= 0.3 is 12.1 Å². The summed E-state index contributed by atoms with van der Waals surface area (Å²) in [6, 6.07) is 5.65. The van der Waals surface area contributed by atoms with E-state index >= 15 is 0 Å². The summed E-state index contributed by atoms with van der Waals surface area (Å²) in [6.45, 7) is 0. The van der Waals surface area contributed by atoms with Gasteiger partial charge in [0.15, 0.2) is 0 Å². The highest BCUT2D eigenvalue weighted by atomic mass is 19.4. The van der Waals surface area contributed by atoms with Crippen LogP contribution in [0.1, 0.15) is 17.7 Å². The van der Waals surface area contributed by atoms with Crippen molar-refractivity contribution in [2.75, 3.05) is 0 Å². The van der Waals surface area contributed by atoms with Crippen LogP contribution in [0.15, 0.2) is 47.5 Å². The fraction of sp³-hybridized carbons (Fsp3) is 0.190. The van der Waals surface area contributed by atoms with Gasteiger partial charge in [-0.05, 0) is 36.8 Å². The minimum atomic E-state index is -4.94. The highest BCUT2D eigenvalue weighted by Crippen LogP contribution is 2.41. The molecule has 0 aliphatic carbocycles. The molecule has 0 atom stereocenters. The number of hydrogen-bond donors (Lipinski definition) is 1. The van der Waals surface area contributed by atoms with Crippen LogP contribution in [-0.4, -0.2) is 25.0 Å². The molecule has 31 heavy (non-hydrogen) atoms. The van der Waals surface area contributed by atoms with E-state index < -0.39 is 40.0 Å². The van der Waals surface area contributed by atoms with Crippen molar-refractivity contribution in [3.05, 3.63) is 70.2 Å². The van der Waals surface area contributed by atoms with Gasteiger partial charge in [0.05, 0.1) is 23.1 Å². The molecule has 0 saturated heterocycles. The van der Waals surface area contributed by atoms with E-state index in [2.05, 4.69) is 4.98 Å². The monoisotopic (exact) mass is 433 g/mol. The summed E-state index contributed by atoms with van der Waals surface area (Å²) in [4.78, 5) is 28.1. The predicted octanol–water partition coefficient (Wildman–Crippen LogP) is 4.03. The second kappa shape index (κ2) is 7.22. The Kier molecular flexibility index (Phi) is 4.79. The number of aryl methyl sites for hydroxylation is 2. The van der Waals surface area contributed by atoms with Gasteiger partial charge in [-0.25, -0.2) is 9.37 Å². The summed E-state index contributed by atoms with van der Waals surface area (Å²) in [5.41, 5.74) is -2.35. The van der Waals surface area contributed by atoms with E-state index in [1.54, 1.807) is 0 Å². The Morgan fingerprint density at radius 3 is 2.61 bits per heavy atom. The number of aromatic nitrogens is 3. The van der Waals surface area contributed by atoms with Gasteiger partial charge in [0.1, 0.15) is 11.5 Å². The molecule has 0 radical (unpaired) electrons. The number of carboxylic acid groups (broad SMARTS) is 1. The summed E-state index contributed by atoms with van der Waals surface area (Å²) in [5, 5.41) is 8.48. The van der Waals surface area contributed by atoms with Crippen LogP contribution in [0.5, 0.6) is 0 Å². The van der Waals surface area contributed by atoms with Crippen LogP contribution >= 0.6 is 0 Å². The summed E-state index contributed by atoms with van der Waals surface area (Å²) in [5.74, 6) is -1.89. The first kappa shape index (κ1) is 20.6. The molecular formula is C21H15F4N3O3. The van der Waals surface area contributed by atoms with Crippen LogP contribution in [0.2, 0.25) is 0 Å². The number of rotatable bonds is 4. The molecule has 6 nitrogen and oxygen atoms in total. The molecule has 0 aliphatic heterocycles. The van der Waals surface area contributed by atoms with Gasteiger partial charge in [-0.15, -0.1) is 0 Å². The molecule has 0 bridgehead atoms. The second-order valence-corrected chi connectivity index (χ2v) is 7.03. The summed E-state index contributed by atoms with van der Waals surface area (Å²) < 4.78 is 58.8. The van der Waals surface area contributed by atoms with Crippen LogP contribution < -0.4 is 5.56 Å². The molecule has 0 fully saturated rings. The van der Waals surface area contributed by atoms with Gasteiger partial charge in [-0.2, -0.15) is 13.2 Å². The van der Waals surface area contributed by atoms with Crippen molar-refractivity contribution in [3.8, 4) is 11.1 Å². The second-order valence-electron chi connectivity index (χ2n) is 7.03. The quantitative estimate of drug-likeness (QED) is 0.493. The van der Waals surface area contributed by atoms with Crippen molar-refractivity contribution in [1.82, 2.24) is 14.0 Å². The highest BCUT2D eigenvalue weighted by molar-refractivity contribution is 5.92. The lowest BCUT2D eigenvalue weighted by Crippen LogP contribution is -2.25. The average molecular weight is 433 g/mol. The first-order valence-electron chi connectivity index (χ1n) is 9.16. The molecule has 4 aromatic rings. The number of pyridine rings is 2. The van der Waals surface area contributed by atoms with Crippen LogP contribution in [0.25, 0.3) is 27.7 Å². The number of carboxylic acids is 1. The molecule has 0 aliphatic rings. The van der Waals surface area contributed by atoms with E-state index in [0.717, 1.165) is 22.8 Å². The number of carbonyl (C=O) groups is 1. The number of aliphatic carboxylic acids is 1. The number of halogens is 4. The van der Waals surface area contributed by atoms with Crippen molar-refractivity contribution in [1.29, 1.82) is 0 Å². The SMILES string of the molecule is Cn1c(=O)c(-c2ccc(CCC(=O)O)n3ccnc23)c(C(F)(F)F)c2cc(F)ccc21. The molecule has 1 aromatic carbocycles. The maximum Gasteiger partial charge on any atom is 0.417 e.